The van der Waals surface area contributed by atoms with Gasteiger partial charge in [0.15, 0.2) is 0 Å². The summed E-state index contributed by atoms with van der Waals surface area (Å²) < 4.78 is 10.9. The van der Waals surface area contributed by atoms with Gasteiger partial charge in [-0.3, -0.25) is 0 Å². The molecule has 2 atom stereocenters. The van der Waals surface area contributed by atoms with Crippen LogP contribution in [-0.4, -0.2) is 19.8 Å². The number of hydrogen-bond donors (Lipinski definition) is 1. The van der Waals surface area contributed by atoms with Crippen LogP contribution >= 0.6 is 0 Å². The van der Waals surface area contributed by atoms with Gasteiger partial charge in [-0.25, -0.2) is 0 Å². The molecule has 1 aliphatic heterocycles. The number of rotatable bonds is 4. The summed E-state index contributed by atoms with van der Waals surface area (Å²) in [6.45, 7) is 0.730. The molecule has 1 heterocycles. The smallest absolute Gasteiger partial charge is 0.112 e. The van der Waals surface area contributed by atoms with E-state index in [1.807, 2.05) is 36.4 Å². The lowest BCUT2D eigenvalue weighted by atomic mass is 10.0. The van der Waals surface area contributed by atoms with Crippen LogP contribution in [0.4, 0.5) is 0 Å². The molecule has 0 saturated heterocycles. The SMILES string of the molecule is COC(c1ccccc1)C(N)C1=CCCO1. The topological polar surface area (TPSA) is 44.5 Å². The highest BCUT2D eigenvalue weighted by molar-refractivity contribution is 5.23. The minimum atomic E-state index is -0.227. The number of methoxy groups -OCH3 is 1. The Morgan fingerprint density at radius 2 is 2.06 bits per heavy atom. The first kappa shape index (κ1) is 11.2. The molecule has 0 amide bonds. The fourth-order valence-electron chi connectivity index (χ4n) is 1.95. The van der Waals surface area contributed by atoms with Gasteiger partial charge in [0.25, 0.3) is 0 Å². The van der Waals surface area contributed by atoms with E-state index in [0.29, 0.717) is 0 Å². The van der Waals surface area contributed by atoms with Gasteiger partial charge in [-0.2, -0.15) is 0 Å². The molecule has 0 aromatic heterocycles. The van der Waals surface area contributed by atoms with Crippen molar-refractivity contribution in [2.45, 2.75) is 18.6 Å². The average Bonchev–Trinajstić information content (AvgIpc) is 2.85. The fourth-order valence-corrected chi connectivity index (χ4v) is 1.95. The second kappa shape index (κ2) is 5.14. The van der Waals surface area contributed by atoms with Crippen molar-refractivity contribution < 1.29 is 9.47 Å². The van der Waals surface area contributed by atoms with Gasteiger partial charge >= 0.3 is 0 Å². The highest BCUT2D eigenvalue weighted by Crippen LogP contribution is 2.26. The Morgan fingerprint density at radius 3 is 2.62 bits per heavy atom. The van der Waals surface area contributed by atoms with Gasteiger partial charge in [0.2, 0.25) is 0 Å². The molecule has 0 fully saturated rings. The summed E-state index contributed by atoms with van der Waals surface area (Å²) in [6.07, 6.45) is 2.83. The van der Waals surface area contributed by atoms with Crippen LogP contribution in [0.5, 0.6) is 0 Å². The van der Waals surface area contributed by atoms with E-state index in [1.165, 1.54) is 0 Å². The van der Waals surface area contributed by atoms with E-state index in [1.54, 1.807) is 7.11 Å². The predicted molar refractivity (Wildman–Crippen MR) is 62.8 cm³/mol. The van der Waals surface area contributed by atoms with Crippen molar-refractivity contribution in [1.82, 2.24) is 0 Å². The lowest BCUT2D eigenvalue weighted by Crippen LogP contribution is -2.32. The summed E-state index contributed by atoms with van der Waals surface area (Å²) in [4.78, 5) is 0. The van der Waals surface area contributed by atoms with E-state index < -0.39 is 0 Å². The predicted octanol–water partition coefficient (Wildman–Crippen LogP) is 2.01. The Balaban J connectivity index is 2.16. The first-order valence-electron chi connectivity index (χ1n) is 5.49. The lowest BCUT2D eigenvalue weighted by Gasteiger charge is -2.23. The highest BCUT2D eigenvalue weighted by Gasteiger charge is 2.25. The molecule has 0 saturated carbocycles. The summed E-state index contributed by atoms with van der Waals surface area (Å²) >= 11 is 0. The molecule has 3 heteroatoms. The Morgan fingerprint density at radius 1 is 1.31 bits per heavy atom. The average molecular weight is 219 g/mol. The summed E-state index contributed by atoms with van der Waals surface area (Å²) in [5.74, 6) is 0.843. The maximum atomic E-state index is 6.15. The Labute approximate surface area is 95.9 Å². The largest absolute Gasteiger partial charge is 0.496 e. The molecule has 86 valence electrons. The van der Waals surface area contributed by atoms with Crippen molar-refractivity contribution in [3.63, 3.8) is 0 Å². The van der Waals surface area contributed by atoms with E-state index in [0.717, 1.165) is 24.4 Å². The summed E-state index contributed by atoms with van der Waals surface area (Å²) in [7, 11) is 1.67. The third-order valence-corrected chi connectivity index (χ3v) is 2.77. The van der Waals surface area contributed by atoms with E-state index in [2.05, 4.69) is 0 Å². The van der Waals surface area contributed by atoms with Crippen LogP contribution in [0.2, 0.25) is 0 Å². The van der Waals surface area contributed by atoms with Crippen LogP contribution in [0.25, 0.3) is 0 Å². The molecule has 1 aromatic rings. The van der Waals surface area contributed by atoms with Crippen LogP contribution in [0.3, 0.4) is 0 Å². The van der Waals surface area contributed by atoms with Gasteiger partial charge < -0.3 is 15.2 Å². The van der Waals surface area contributed by atoms with Gasteiger partial charge in [-0.1, -0.05) is 30.3 Å². The molecule has 16 heavy (non-hydrogen) atoms. The van der Waals surface area contributed by atoms with Gasteiger partial charge in [-0.05, 0) is 11.6 Å². The minimum Gasteiger partial charge on any atom is -0.496 e. The molecular formula is C13H17NO2. The molecule has 2 unspecified atom stereocenters. The first-order valence-corrected chi connectivity index (χ1v) is 5.49. The fraction of sp³-hybridized carbons (Fsp3) is 0.385. The van der Waals surface area contributed by atoms with Gasteiger partial charge in [0.1, 0.15) is 11.9 Å². The van der Waals surface area contributed by atoms with Crippen molar-refractivity contribution in [2.75, 3.05) is 13.7 Å². The van der Waals surface area contributed by atoms with Crippen molar-refractivity contribution in [2.24, 2.45) is 5.73 Å². The number of nitrogens with two attached hydrogens (primary N) is 1. The number of benzene rings is 1. The number of hydrogen-bond acceptors (Lipinski definition) is 3. The lowest BCUT2D eigenvalue weighted by molar-refractivity contribution is 0.0701. The third kappa shape index (κ3) is 2.26. The van der Waals surface area contributed by atoms with E-state index >= 15 is 0 Å². The van der Waals surface area contributed by atoms with E-state index in [9.17, 15) is 0 Å². The first-order chi connectivity index (χ1) is 7.83. The molecular weight excluding hydrogens is 202 g/mol. The van der Waals surface area contributed by atoms with Gasteiger partial charge in [-0.15, -0.1) is 0 Å². The zero-order chi connectivity index (χ0) is 11.4. The molecule has 2 N–H and O–H groups in total. The quantitative estimate of drug-likeness (QED) is 0.842. The molecule has 0 radical (unpaired) electrons. The third-order valence-electron chi connectivity index (χ3n) is 2.77. The van der Waals surface area contributed by atoms with Gasteiger partial charge in [0, 0.05) is 13.5 Å². The maximum absolute atomic E-state index is 6.15. The molecule has 0 aliphatic carbocycles. The zero-order valence-corrected chi connectivity index (χ0v) is 9.43. The standard InChI is InChI=1S/C13H17NO2/c1-15-13(10-6-3-2-4-7-10)12(14)11-8-5-9-16-11/h2-4,6-8,12-13H,5,9,14H2,1H3. The second-order valence-corrected chi connectivity index (χ2v) is 3.84. The van der Waals surface area contributed by atoms with Crippen molar-refractivity contribution >= 4 is 0 Å². The Kier molecular flexibility index (Phi) is 3.59. The normalized spacial score (nSPS) is 18.8. The van der Waals surface area contributed by atoms with Crippen LogP contribution in [0, 0.1) is 0 Å². The Bertz CT molecular complexity index is 361. The molecule has 1 aliphatic rings. The zero-order valence-electron chi connectivity index (χ0n) is 9.43. The van der Waals surface area contributed by atoms with Crippen molar-refractivity contribution in [3.05, 3.63) is 47.7 Å². The molecule has 2 rings (SSSR count). The van der Waals surface area contributed by atoms with Crippen LogP contribution in [0.15, 0.2) is 42.2 Å². The second-order valence-electron chi connectivity index (χ2n) is 3.84. The van der Waals surface area contributed by atoms with Crippen LogP contribution < -0.4 is 5.73 Å². The van der Waals surface area contributed by atoms with E-state index in [4.69, 9.17) is 15.2 Å². The van der Waals surface area contributed by atoms with E-state index in [-0.39, 0.29) is 12.1 Å². The highest BCUT2D eigenvalue weighted by atomic mass is 16.5. The summed E-state index contributed by atoms with van der Waals surface area (Å²) in [5.41, 5.74) is 7.23. The van der Waals surface area contributed by atoms with Crippen molar-refractivity contribution in [1.29, 1.82) is 0 Å². The maximum Gasteiger partial charge on any atom is 0.112 e. The molecule has 1 aromatic carbocycles. The summed E-state index contributed by atoms with van der Waals surface area (Å²) in [5, 5.41) is 0. The Hall–Kier alpha value is -1.32. The monoisotopic (exact) mass is 219 g/mol. The molecule has 0 bridgehead atoms. The summed E-state index contributed by atoms with van der Waals surface area (Å²) in [6, 6.07) is 9.76. The molecule has 3 nitrogen and oxygen atoms in total. The minimum absolute atomic E-state index is 0.148. The van der Waals surface area contributed by atoms with Gasteiger partial charge in [0.05, 0.1) is 12.6 Å². The van der Waals surface area contributed by atoms with Crippen molar-refractivity contribution in [3.8, 4) is 0 Å². The van der Waals surface area contributed by atoms with Crippen LogP contribution in [-0.2, 0) is 9.47 Å². The number of ether oxygens (including phenoxy) is 2. The molecule has 0 spiro atoms. The van der Waals surface area contributed by atoms with Crippen LogP contribution in [0.1, 0.15) is 18.1 Å².